The first-order valence-electron chi connectivity index (χ1n) is 12.9. The van der Waals surface area contributed by atoms with E-state index in [1.807, 2.05) is 12.1 Å². The maximum absolute atomic E-state index is 11.9. The number of aryl methyl sites for hydroxylation is 1. The van der Waals surface area contributed by atoms with Crippen molar-refractivity contribution in [1.82, 2.24) is 14.8 Å². The molecule has 1 aromatic heterocycles. The Morgan fingerprint density at radius 3 is 2.86 bits per heavy atom. The lowest BCUT2D eigenvalue weighted by molar-refractivity contribution is -0.129. The van der Waals surface area contributed by atoms with Crippen molar-refractivity contribution in [3.63, 3.8) is 0 Å². The number of nitrogens with zero attached hydrogens (tertiary/aromatic N) is 5. The quantitative estimate of drug-likeness (QED) is 0.556. The molecule has 0 bridgehead atoms. The average molecular weight is 521 g/mol. The molecule has 0 spiro atoms. The zero-order chi connectivity index (χ0) is 26.1. The summed E-state index contributed by atoms with van der Waals surface area (Å²) < 4.78 is 6.25. The van der Waals surface area contributed by atoms with Gasteiger partial charge in [0.1, 0.15) is 18.2 Å². The Morgan fingerprint density at radius 1 is 1.38 bits per heavy atom. The Labute approximate surface area is 223 Å². The number of aromatic nitrogens is 1. The molecule has 9 heteroatoms. The van der Waals surface area contributed by atoms with Crippen LogP contribution in [0, 0.1) is 18.3 Å². The number of hydrogen-bond acceptors (Lipinski definition) is 7. The smallest absolute Gasteiger partial charge is 0.246 e. The number of pyridine rings is 1. The third-order valence-corrected chi connectivity index (χ3v) is 8.04. The molecular formula is C28H33ClN6O2. The largest absolute Gasteiger partial charge is 0.475 e. The van der Waals surface area contributed by atoms with Crippen molar-refractivity contribution >= 4 is 28.9 Å². The average Bonchev–Trinajstić information content (AvgIpc) is 3.28. The predicted octanol–water partition coefficient (Wildman–Crippen LogP) is 3.76. The molecule has 0 radical (unpaired) electrons. The number of likely N-dealkylation sites (tertiary alicyclic amines) is 2. The molecule has 0 saturated carbocycles. The summed E-state index contributed by atoms with van der Waals surface area (Å²) in [5.41, 5.74) is 5.29. The van der Waals surface area contributed by atoms with Crippen LogP contribution in [0.4, 0.5) is 11.4 Å². The molecule has 8 nitrogen and oxygen atoms in total. The zero-order valence-corrected chi connectivity index (χ0v) is 22.2. The Kier molecular flexibility index (Phi) is 7.27. The monoisotopic (exact) mass is 520 g/mol. The molecule has 2 aromatic rings. The number of rotatable bonds is 7. The minimum atomic E-state index is -0.0780. The van der Waals surface area contributed by atoms with Crippen LogP contribution < -0.4 is 15.0 Å². The van der Waals surface area contributed by atoms with Gasteiger partial charge in [-0.1, -0.05) is 30.3 Å². The molecule has 5 rings (SSSR count). The van der Waals surface area contributed by atoms with E-state index in [1.54, 1.807) is 4.90 Å². The first-order chi connectivity index (χ1) is 17.9. The van der Waals surface area contributed by atoms with Crippen LogP contribution in [0.25, 0.3) is 0 Å². The summed E-state index contributed by atoms with van der Waals surface area (Å²) in [6.07, 6.45) is 4.28. The fraction of sp³-hybridized carbons (Fsp3) is 0.464. The maximum Gasteiger partial charge on any atom is 0.246 e. The van der Waals surface area contributed by atoms with Gasteiger partial charge in [0, 0.05) is 31.2 Å². The topological polar surface area (TPSA) is 84.7 Å². The van der Waals surface area contributed by atoms with Crippen LogP contribution in [0.2, 0.25) is 5.02 Å². The number of anilines is 2. The Morgan fingerprint density at radius 2 is 2.19 bits per heavy atom. The van der Waals surface area contributed by atoms with Crippen molar-refractivity contribution in [2.75, 3.05) is 50.1 Å². The van der Waals surface area contributed by atoms with E-state index in [0.29, 0.717) is 43.7 Å². The van der Waals surface area contributed by atoms with Gasteiger partial charge in [0.25, 0.3) is 0 Å². The Bertz CT molecular complexity index is 1230. The van der Waals surface area contributed by atoms with Gasteiger partial charge >= 0.3 is 0 Å². The van der Waals surface area contributed by atoms with Gasteiger partial charge in [0.15, 0.2) is 0 Å². The minimum Gasteiger partial charge on any atom is -0.475 e. The first kappa shape index (κ1) is 25.4. The fourth-order valence-corrected chi connectivity index (χ4v) is 5.93. The Hall–Kier alpha value is -3.28. The number of ether oxygens (including phenoxy) is 1. The van der Waals surface area contributed by atoms with Gasteiger partial charge < -0.3 is 24.8 Å². The van der Waals surface area contributed by atoms with Gasteiger partial charge in [-0.05, 0) is 57.5 Å². The number of nitriles is 1. The lowest BCUT2D eigenvalue weighted by Crippen LogP contribution is -2.56. The van der Waals surface area contributed by atoms with E-state index in [1.165, 1.54) is 6.08 Å². The third kappa shape index (κ3) is 4.98. The normalized spacial score (nSPS) is 19.7. The number of amides is 1. The van der Waals surface area contributed by atoms with Gasteiger partial charge in [-0.15, -0.1) is 0 Å². The predicted molar refractivity (Wildman–Crippen MR) is 145 cm³/mol. The summed E-state index contributed by atoms with van der Waals surface area (Å²) in [6, 6.07) is 8.68. The highest BCUT2D eigenvalue weighted by Crippen LogP contribution is 2.38. The van der Waals surface area contributed by atoms with Gasteiger partial charge in [-0.3, -0.25) is 4.79 Å². The molecule has 1 amide bonds. The lowest BCUT2D eigenvalue weighted by atomic mass is 9.97. The highest BCUT2D eigenvalue weighted by Gasteiger charge is 2.33. The van der Waals surface area contributed by atoms with Crippen molar-refractivity contribution in [1.29, 1.82) is 5.26 Å². The molecular weight excluding hydrogens is 488 g/mol. The zero-order valence-electron chi connectivity index (χ0n) is 21.5. The summed E-state index contributed by atoms with van der Waals surface area (Å²) in [4.78, 5) is 23.1. The number of nitrogens with one attached hydrogen (secondary N) is 1. The van der Waals surface area contributed by atoms with Crippen LogP contribution in [0.1, 0.15) is 35.2 Å². The standard InChI is InChI=1S/C28H33ClN6O2/c1-4-25(36)35-14-19(15-35)31-26-21-10-12-34(27-18(2)7-5-9-23(27)29)16-24(21)32-28(22(26)13-30)37-17-20-8-6-11-33(20)3/h4-5,7,9,19-20H,1,6,8,10-12,14-17H2,2-3H3,(H,31,32)/t20-/m0/s1. The highest BCUT2D eigenvalue weighted by molar-refractivity contribution is 6.33. The van der Waals surface area contributed by atoms with Crippen LogP contribution in [-0.2, 0) is 17.8 Å². The summed E-state index contributed by atoms with van der Waals surface area (Å²) >= 11 is 6.60. The molecule has 3 aliphatic heterocycles. The molecule has 0 unspecified atom stereocenters. The van der Waals surface area contributed by atoms with Crippen molar-refractivity contribution in [3.05, 3.63) is 58.3 Å². The molecule has 4 heterocycles. The second kappa shape index (κ2) is 10.6. The van der Waals surface area contributed by atoms with Crippen LogP contribution in [0.15, 0.2) is 30.9 Å². The van der Waals surface area contributed by atoms with E-state index in [4.69, 9.17) is 21.3 Å². The van der Waals surface area contributed by atoms with Gasteiger partial charge in [0.05, 0.1) is 34.7 Å². The van der Waals surface area contributed by atoms with Crippen LogP contribution >= 0.6 is 11.6 Å². The number of carbonyl (C=O) groups is 1. The van der Waals surface area contributed by atoms with Crippen LogP contribution in [-0.4, -0.2) is 72.6 Å². The molecule has 1 atom stereocenters. The molecule has 1 N–H and O–H groups in total. The molecule has 1 aromatic carbocycles. The van der Waals surface area contributed by atoms with E-state index in [0.717, 1.165) is 65.6 Å². The lowest BCUT2D eigenvalue weighted by Gasteiger charge is -2.41. The van der Waals surface area contributed by atoms with Gasteiger partial charge in [0.2, 0.25) is 11.8 Å². The number of halogens is 1. The number of para-hydroxylation sites is 1. The fourth-order valence-electron chi connectivity index (χ4n) is 5.58. The van der Waals surface area contributed by atoms with E-state index >= 15 is 0 Å². The highest BCUT2D eigenvalue weighted by atomic mass is 35.5. The van der Waals surface area contributed by atoms with Gasteiger partial charge in [-0.25, -0.2) is 4.98 Å². The van der Waals surface area contributed by atoms with Crippen LogP contribution in [0.5, 0.6) is 5.88 Å². The van der Waals surface area contributed by atoms with Crippen LogP contribution in [0.3, 0.4) is 0 Å². The number of fused-ring (bicyclic) bond motifs is 1. The van der Waals surface area contributed by atoms with Gasteiger partial charge in [-0.2, -0.15) is 5.26 Å². The minimum absolute atomic E-state index is 0.0557. The Balaban J connectivity index is 1.46. The van der Waals surface area contributed by atoms with E-state index in [9.17, 15) is 10.1 Å². The van der Waals surface area contributed by atoms with E-state index < -0.39 is 0 Å². The second-order valence-corrected chi connectivity index (χ2v) is 10.6. The summed E-state index contributed by atoms with van der Waals surface area (Å²) in [7, 11) is 2.11. The molecule has 3 aliphatic rings. The molecule has 2 saturated heterocycles. The van der Waals surface area contributed by atoms with E-state index in [2.05, 4.69) is 47.8 Å². The van der Waals surface area contributed by atoms with Crippen molar-refractivity contribution in [3.8, 4) is 11.9 Å². The summed E-state index contributed by atoms with van der Waals surface area (Å²) in [5, 5.41) is 14.5. The molecule has 0 aliphatic carbocycles. The first-order valence-corrected chi connectivity index (χ1v) is 13.2. The SMILES string of the molecule is C=CC(=O)N1CC(Nc2c(C#N)c(OC[C@@H]3CCCN3C)nc3c2CCN(c2c(C)cccc2Cl)C3)C1. The summed E-state index contributed by atoms with van der Waals surface area (Å²) in [6.45, 7) is 9.66. The maximum atomic E-state index is 11.9. The molecule has 2 fully saturated rings. The number of carbonyl (C=O) groups excluding carboxylic acids is 1. The number of benzene rings is 1. The summed E-state index contributed by atoms with van der Waals surface area (Å²) in [5.74, 6) is 0.297. The third-order valence-electron chi connectivity index (χ3n) is 7.74. The second-order valence-electron chi connectivity index (χ2n) is 10.2. The number of hydrogen-bond donors (Lipinski definition) is 1. The van der Waals surface area contributed by atoms with E-state index in [-0.39, 0.29) is 11.9 Å². The number of likely N-dealkylation sites (N-methyl/N-ethyl adjacent to an activating group) is 1. The van der Waals surface area contributed by atoms with Crippen molar-refractivity contribution in [2.24, 2.45) is 0 Å². The molecule has 37 heavy (non-hydrogen) atoms. The molecule has 194 valence electrons. The van der Waals surface area contributed by atoms with Crippen molar-refractivity contribution < 1.29 is 9.53 Å². The van der Waals surface area contributed by atoms with Crippen molar-refractivity contribution in [2.45, 2.75) is 44.8 Å².